The molecule has 0 aromatic rings. The van der Waals surface area contributed by atoms with Gasteiger partial charge in [-0.05, 0) is 31.3 Å². The van der Waals surface area contributed by atoms with E-state index < -0.39 is 0 Å². The molecule has 3 nitrogen and oxygen atoms in total. The van der Waals surface area contributed by atoms with Crippen molar-refractivity contribution < 1.29 is 9.90 Å². The standard InChI is InChI=1S/C13H19NO2/c1-3-9-4-5-14-13(16)11(9)7-10-8(2)6-12(10)15/h3,7-8,10,12,15H,4-6H2,1-2H3,(H,14,16)/b9-3-,11-7+. The number of amides is 1. The molecule has 0 aromatic heterocycles. The van der Waals surface area contributed by atoms with E-state index in [-0.39, 0.29) is 17.9 Å². The summed E-state index contributed by atoms with van der Waals surface area (Å²) in [5.74, 6) is 0.634. The van der Waals surface area contributed by atoms with Crippen LogP contribution in [0.4, 0.5) is 0 Å². The van der Waals surface area contributed by atoms with Crippen LogP contribution in [0.3, 0.4) is 0 Å². The Bertz CT molecular complexity index is 349. The maximum atomic E-state index is 11.8. The van der Waals surface area contributed by atoms with Gasteiger partial charge < -0.3 is 10.4 Å². The van der Waals surface area contributed by atoms with Crippen LogP contribution in [-0.2, 0) is 4.79 Å². The van der Waals surface area contributed by atoms with Crippen molar-refractivity contribution in [3.8, 4) is 0 Å². The number of nitrogens with one attached hydrogen (secondary N) is 1. The first-order chi connectivity index (χ1) is 7.63. The number of rotatable bonds is 1. The van der Waals surface area contributed by atoms with Gasteiger partial charge in [0.1, 0.15) is 0 Å². The molecule has 2 aliphatic rings. The van der Waals surface area contributed by atoms with Crippen LogP contribution in [-0.4, -0.2) is 23.7 Å². The van der Waals surface area contributed by atoms with Crippen molar-refractivity contribution in [2.45, 2.75) is 32.8 Å². The molecule has 2 N–H and O–H groups in total. The number of allylic oxidation sites excluding steroid dienone is 1. The molecule has 0 aromatic carbocycles. The smallest absolute Gasteiger partial charge is 0.251 e. The van der Waals surface area contributed by atoms with Gasteiger partial charge in [-0.2, -0.15) is 0 Å². The van der Waals surface area contributed by atoms with Crippen molar-refractivity contribution in [3.63, 3.8) is 0 Å². The van der Waals surface area contributed by atoms with Gasteiger partial charge in [-0.15, -0.1) is 0 Å². The lowest BCUT2D eigenvalue weighted by Gasteiger charge is -2.38. The quantitative estimate of drug-likeness (QED) is 0.657. The Morgan fingerprint density at radius 2 is 2.25 bits per heavy atom. The average molecular weight is 221 g/mol. The van der Waals surface area contributed by atoms with Crippen LogP contribution in [0.1, 0.15) is 26.7 Å². The van der Waals surface area contributed by atoms with Gasteiger partial charge in [-0.25, -0.2) is 0 Å². The first kappa shape index (κ1) is 11.4. The summed E-state index contributed by atoms with van der Waals surface area (Å²) in [6.45, 7) is 4.80. The van der Waals surface area contributed by atoms with E-state index in [2.05, 4.69) is 12.2 Å². The fraction of sp³-hybridized carbons (Fsp3) is 0.615. The predicted molar refractivity (Wildman–Crippen MR) is 62.7 cm³/mol. The summed E-state index contributed by atoms with van der Waals surface area (Å²) in [5.41, 5.74) is 1.87. The minimum absolute atomic E-state index is 0.00523. The van der Waals surface area contributed by atoms with Gasteiger partial charge in [-0.3, -0.25) is 4.79 Å². The summed E-state index contributed by atoms with van der Waals surface area (Å²) < 4.78 is 0. The van der Waals surface area contributed by atoms with E-state index in [4.69, 9.17) is 0 Å². The number of aliphatic hydroxyl groups excluding tert-OH is 1. The molecule has 16 heavy (non-hydrogen) atoms. The molecule has 3 unspecified atom stereocenters. The molecule has 1 aliphatic carbocycles. The third-order valence-corrected chi connectivity index (χ3v) is 3.69. The lowest BCUT2D eigenvalue weighted by atomic mass is 9.71. The zero-order valence-corrected chi connectivity index (χ0v) is 9.86. The van der Waals surface area contributed by atoms with Crippen molar-refractivity contribution in [1.29, 1.82) is 0 Å². The molecule has 1 amide bonds. The number of carbonyl (C=O) groups is 1. The molecule has 88 valence electrons. The van der Waals surface area contributed by atoms with E-state index >= 15 is 0 Å². The first-order valence-corrected chi connectivity index (χ1v) is 5.97. The Balaban J connectivity index is 2.22. The average Bonchev–Trinajstić information content (AvgIpc) is 2.27. The van der Waals surface area contributed by atoms with E-state index in [1.807, 2.05) is 19.1 Å². The van der Waals surface area contributed by atoms with Crippen molar-refractivity contribution >= 4 is 5.91 Å². The highest BCUT2D eigenvalue weighted by molar-refractivity contribution is 5.98. The molecule has 1 heterocycles. The number of hydrogen-bond acceptors (Lipinski definition) is 2. The van der Waals surface area contributed by atoms with Crippen LogP contribution in [0.2, 0.25) is 0 Å². The largest absolute Gasteiger partial charge is 0.392 e. The summed E-state index contributed by atoms with van der Waals surface area (Å²) in [7, 11) is 0. The molecular weight excluding hydrogens is 202 g/mol. The van der Waals surface area contributed by atoms with Gasteiger partial charge >= 0.3 is 0 Å². The van der Waals surface area contributed by atoms with Crippen LogP contribution in [0.15, 0.2) is 23.3 Å². The van der Waals surface area contributed by atoms with Gasteiger partial charge in [-0.1, -0.05) is 19.1 Å². The van der Waals surface area contributed by atoms with Gasteiger partial charge in [0.2, 0.25) is 0 Å². The zero-order valence-electron chi connectivity index (χ0n) is 9.86. The number of carbonyl (C=O) groups excluding carboxylic acids is 1. The van der Waals surface area contributed by atoms with E-state index in [0.717, 1.165) is 30.5 Å². The highest BCUT2D eigenvalue weighted by Gasteiger charge is 2.36. The first-order valence-electron chi connectivity index (χ1n) is 5.97. The van der Waals surface area contributed by atoms with Crippen LogP contribution >= 0.6 is 0 Å². The fourth-order valence-electron chi connectivity index (χ4n) is 2.52. The fourth-order valence-corrected chi connectivity index (χ4v) is 2.52. The SMILES string of the molecule is C/C=C1/CCNC(=O)/C1=C/C1C(C)CC1O. The lowest BCUT2D eigenvalue weighted by molar-refractivity contribution is -0.117. The van der Waals surface area contributed by atoms with Gasteiger partial charge in [0.15, 0.2) is 0 Å². The Kier molecular flexibility index (Phi) is 3.15. The highest BCUT2D eigenvalue weighted by Crippen LogP contribution is 2.37. The molecule has 1 saturated heterocycles. The van der Waals surface area contributed by atoms with Crippen LogP contribution in [0.5, 0.6) is 0 Å². The minimum atomic E-state index is -0.268. The second-order valence-electron chi connectivity index (χ2n) is 4.76. The van der Waals surface area contributed by atoms with Gasteiger partial charge in [0.25, 0.3) is 5.91 Å². The maximum Gasteiger partial charge on any atom is 0.251 e. The Morgan fingerprint density at radius 3 is 2.81 bits per heavy atom. The molecule has 1 aliphatic heterocycles. The Hall–Kier alpha value is -1.09. The lowest BCUT2D eigenvalue weighted by Crippen LogP contribution is -2.40. The zero-order chi connectivity index (χ0) is 11.7. The second-order valence-corrected chi connectivity index (χ2v) is 4.76. The molecule has 3 heteroatoms. The summed E-state index contributed by atoms with van der Waals surface area (Å²) in [4.78, 5) is 11.8. The number of aliphatic hydroxyl groups is 1. The molecule has 0 spiro atoms. The Labute approximate surface area is 96.2 Å². The topological polar surface area (TPSA) is 49.3 Å². The van der Waals surface area contributed by atoms with Crippen molar-refractivity contribution in [1.82, 2.24) is 5.32 Å². The second kappa shape index (κ2) is 4.42. The summed E-state index contributed by atoms with van der Waals surface area (Å²) >= 11 is 0. The monoisotopic (exact) mass is 221 g/mol. The number of hydrogen-bond donors (Lipinski definition) is 2. The number of piperidine rings is 1. The molecule has 3 atom stereocenters. The van der Waals surface area contributed by atoms with Crippen molar-refractivity contribution in [3.05, 3.63) is 23.3 Å². The van der Waals surface area contributed by atoms with Crippen molar-refractivity contribution in [2.24, 2.45) is 11.8 Å². The Morgan fingerprint density at radius 1 is 1.50 bits per heavy atom. The minimum Gasteiger partial charge on any atom is -0.392 e. The molecular formula is C13H19NO2. The molecule has 0 bridgehead atoms. The van der Waals surface area contributed by atoms with Crippen LogP contribution in [0, 0.1) is 11.8 Å². The third-order valence-electron chi connectivity index (χ3n) is 3.69. The summed E-state index contributed by atoms with van der Waals surface area (Å²) in [6.07, 6.45) is 5.44. The molecule has 2 rings (SSSR count). The molecule has 2 fully saturated rings. The van der Waals surface area contributed by atoms with E-state index in [0.29, 0.717) is 5.92 Å². The van der Waals surface area contributed by atoms with Crippen molar-refractivity contribution in [2.75, 3.05) is 6.54 Å². The molecule has 1 saturated carbocycles. The van der Waals surface area contributed by atoms with Gasteiger partial charge in [0.05, 0.1) is 6.10 Å². The van der Waals surface area contributed by atoms with E-state index in [1.54, 1.807) is 0 Å². The summed E-state index contributed by atoms with van der Waals surface area (Å²) in [6, 6.07) is 0. The maximum absolute atomic E-state index is 11.8. The van der Waals surface area contributed by atoms with E-state index in [1.165, 1.54) is 0 Å². The van der Waals surface area contributed by atoms with E-state index in [9.17, 15) is 9.90 Å². The third kappa shape index (κ3) is 1.92. The van der Waals surface area contributed by atoms with Crippen LogP contribution < -0.4 is 5.32 Å². The predicted octanol–water partition coefficient (Wildman–Crippen LogP) is 1.40. The molecule has 0 radical (unpaired) electrons. The van der Waals surface area contributed by atoms with Gasteiger partial charge in [0, 0.05) is 18.0 Å². The highest BCUT2D eigenvalue weighted by atomic mass is 16.3. The van der Waals surface area contributed by atoms with Crippen LogP contribution in [0.25, 0.3) is 0 Å². The summed E-state index contributed by atoms with van der Waals surface area (Å²) in [5, 5.41) is 12.5. The normalized spacial score (nSPS) is 39.7.